The topological polar surface area (TPSA) is 42.4 Å². The fourth-order valence-electron chi connectivity index (χ4n) is 2.35. The van der Waals surface area contributed by atoms with Crippen molar-refractivity contribution in [2.24, 2.45) is 0 Å². The maximum Gasteiger partial charge on any atom is 0.137 e. The van der Waals surface area contributed by atoms with Gasteiger partial charge in [0.15, 0.2) is 0 Å². The first kappa shape index (κ1) is 14.9. The second-order valence-electron chi connectivity index (χ2n) is 5.10. The van der Waals surface area contributed by atoms with Crippen molar-refractivity contribution < 1.29 is 9.84 Å². The molecule has 1 unspecified atom stereocenters. The van der Waals surface area contributed by atoms with Crippen LogP contribution in [0.5, 0.6) is 5.75 Å². The Morgan fingerprint density at radius 2 is 2.29 bits per heavy atom. The monoisotopic (exact) mass is 321 g/mol. The van der Waals surface area contributed by atoms with Gasteiger partial charge in [-0.15, -0.1) is 11.3 Å². The molecule has 2 aromatic rings. The second kappa shape index (κ2) is 6.81. The third-order valence-electron chi connectivity index (χ3n) is 3.44. The van der Waals surface area contributed by atoms with Crippen LogP contribution in [0.4, 0.5) is 0 Å². The normalized spacial score (nSPS) is 15.5. The number of nitrogens with zero attached hydrogens (tertiary/aromatic N) is 1. The van der Waals surface area contributed by atoms with Crippen LogP contribution in [0.3, 0.4) is 0 Å². The maximum atomic E-state index is 10.6. The van der Waals surface area contributed by atoms with Crippen LogP contribution in [0.15, 0.2) is 24.5 Å². The molecule has 0 saturated heterocycles. The number of thiophene rings is 1. The minimum absolute atomic E-state index is 0.608. The molecule has 0 aromatic carbocycles. The fourth-order valence-corrected chi connectivity index (χ4v) is 4.74. The lowest BCUT2D eigenvalue weighted by atomic mass is 10.1. The zero-order chi connectivity index (χ0) is 14.7. The number of aliphatic hydroxyl groups excluding tert-OH is 1. The third kappa shape index (κ3) is 3.42. The lowest BCUT2D eigenvalue weighted by Crippen LogP contribution is -2.01. The number of aliphatic hydroxyl groups is 1. The van der Waals surface area contributed by atoms with Crippen LogP contribution in [0.2, 0.25) is 0 Å². The first-order valence-electron chi connectivity index (χ1n) is 7.23. The van der Waals surface area contributed by atoms with E-state index in [0.717, 1.165) is 34.8 Å². The van der Waals surface area contributed by atoms with Gasteiger partial charge in [-0.1, -0.05) is 6.92 Å². The highest BCUT2D eigenvalue weighted by Crippen LogP contribution is 2.36. The van der Waals surface area contributed by atoms with Crippen molar-refractivity contribution in [2.45, 2.75) is 31.6 Å². The highest BCUT2D eigenvalue weighted by atomic mass is 32.2. The van der Waals surface area contributed by atoms with E-state index in [1.807, 2.05) is 17.8 Å². The molecule has 0 spiro atoms. The summed E-state index contributed by atoms with van der Waals surface area (Å²) in [6, 6.07) is 4.04. The molecule has 112 valence electrons. The highest BCUT2D eigenvalue weighted by molar-refractivity contribution is 7.98. The summed E-state index contributed by atoms with van der Waals surface area (Å²) in [6.07, 6.45) is 4.89. The Kier molecular flexibility index (Phi) is 4.83. The summed E-state index contributed by atoms with van der Waals surface area (Å²) in [4.78, 5) is 6.62. The molecule has 0 fully saturated rings. The highest BCUT2D eigenvalue weighted by Gasteiger charge is 2.19. The van der Waals surface area contributed by atoms with E-state index >= 15 is 0 Å². The Labute approximate surface area is 133 Å². The van der Waals surface area contributed by atoms with Crippen molar-refractivity contribution in [3.05, 3.63) is 45.4 Å². The predicted octanol–water partition coefficient (Wildman–Crippen LogP) is 3.80. The van der Waals surface area contributed by atoms with E-state index in [4.69, 9.17) is 4.74 Å². The predicted molar refractivity (Wildman–Crippen MR) is 88.3 cm³/mol. The van der Waals surface area contributed by atoms with Gasteiger partial charge in [0, 0.05) is 27.3 Å². The summed E-state index contributed by atoms with van der Waals surface area (Å²) < 4.78 is 5.59. The van der Waals surface area contributed by atoms with Crippen molar-refractivity contribution >= 4 is 23.1 Å². The minimum atomic E-state index is -0.608. The lowest BCUT2D eigenvalue weighted by molar-refractivity contribution is 0.222. The van der Waals surface area contributed by atoms with Gasteiger partial charge in [-0.2, -0.15) is 11.8 Å². The van der Waals surface area contributed by atoms with E-state index in [2.05, 4.69) is 18.0 Å². The molecule has 0 aliphatic carbocycles. The van der Waals surface area contributed by atoms with Gasteiger partial charge in [0.05, 0.1) is 12.8 Å². The van der Waals surface area contributed by atoms with Crippen LogP contribution in [0.1, 0.15) is 40.3 Å². The van der Waals surface area contributed by atoms with E-state index < -0.39 is 6.10 Å². The molecule has 3 heterocycles. The van der Waals surface area contributed by atoms with Gasteiger partial charge in [0.2, 0.25) is 0 Å². The van der Waals surface area contributed by atoms with Crippen LogP contribution in [-0.2, 0) is 12.2 Å². The van der Waals surface area contributed by atoms with E-state index in [-0.39, 0.29) is 0 Å². The summed E-state index contributed by atoms with van der Waals surface area (Å²) in [5.41, 5.74) is 2.19. The summed E-state index contributed by atoms with van der Waals surface area (Å²) >= 11 is 3.69. The molecule has 1 aliphatic rings. The maximum absolute atomic E-state index is 10.6. The minimum Gasteiger partial charge on any atom is -0.492 e. The summed E-state index contributed by atoms with van der Waals surface area (Å²) in [5.74, 6) is 2.98. The Balaban J connectivity index is 1.80. The van der Waals surface area contributed by atoms with Crippen LogP contribution in [0, 0.1) is 0 Å². The number of aryl methyl sites for hydroxylation is 1. The first-order chi connectivity index (χ1) is 10.3. The SMILES string of the molecule is CCCOc1cncc(C(O)c2cc3c(s2)CCSC3)c1. The molecule has 1 atom stereocenters. The number of pyridine rings is 1. The zero-order valence-corrected chi connectivity index (χ0v) is 13.7. The van der Waals surface area contributed by atoms with Crippen LogP contribution in [0.25, 0.3) is 0 Å². The van der Waals surface area contributed by atoms with Crippen LogP contribution < -0.4 is 4.74 Å². The molecule has 0 amide bonds. The van der Waals surface area contributed by atoms with Gasteiger partial charge < -0.3 is 9.84 Å². The van der Waals surface area contributed by atoms with Crippen molar-refractivity contribution in [1.29, 1.82) is 0 Å². The van der Waals surface area contributed by atoms with Gasteiger partial charge in [-0.05, 0) is 36.3 Å². The first-order valence-corrected chi connectivity index (χ1v) is 9.20. The number of ether oxygens (including phenoxy) is 1. The largest absolute Gasteiger partial charge is 0.492 e. The molecular formula is C16H19NO2S2. The standard InChI is InChI=1S/C16H19NO2S2/c1-2-4-19-13-6-11(8-17-9-13)16(18)15-7-12-10-20-5-3-14(12)21-15/h6-9,16,18H,2-5,10H2,1H3. The lowest BCUT2D eigenvalue weighted by Gasteiger charge is -2.10. The zero-order valence-electron chi connectivity index (χ0n) is 12.0. The number of rotatable bonds is 5. The summed E-state index contributed by atoms with van der Waals surface area (Å²) in [5, 5.41) is 10.6. The van der Waals surface area contributed by atoms with Crippen LogP contribution in [-0.4, -0.2) is 22.5 Å². The average Bonchev–Trinajstić information content (AvgIpc) is 2.96. The quantitative estimate of drug-likeness (QED) is 0.909. The summed E-state index contributed by atoms with van der Waals surface area (Å²) in [6.45, 7) is 2.74. The molecule has 1 aliphatic heterocycles. The van der Waals surface area contributed by atoms with Gasteiger partial charge in [0.1, 0.15) is 11.9 Å². The van der Waals surface area contributed by atoms with Gasteiger partial charge in [-0.3, -0.25) is 4.98 Å². The molecule has 0 radical (unpaired) electrons. The smallest absolute Gasteiger partial charge is 0.137 e. The van der Waals surface area contributed by atoms with Crippen LogP contribution >= 0.6 is 23.1 Å². The Morgan fingerprint density at radius 3 is 3.10 bits per heavy atom. The number of thioether (sulfide) groups is 1. The van der Waals surface area contributed by atoms with Gasteiger partial charge in [-0.25, -0.2) is 0 Å². The number of hydrogen-bond acceptors (Lipinski definition) is 5. The number of aromatic nitrogens is 1. The van der Waals surface area contributed by atoms with E-state index in [1.165, 1.54) is 16.2 Å². The molecule has 0 bridgehead atoms. The molecule has 2 aromatic heterocycles. The van der Waals surface area contributed by atoms with Gasteiger partial charge in [0.25, 0.3) is 0 Å². The van der Waals surface area contributed by atoms with Crippen molar-refractivity contribution in [1.82, 2.24) is 4.98 Å². The number of hydrogen-bond donors (Lipinski definition) is 1. The molecule has 3 rings (SSSR count). The fraction of sp³-hybridized carbons (Fsp3) is 0.438. The van der Waals surface area contributed by atoms with E-state index in [9.17, 15) is 5.11 Å². The molecular weight excluding hydrogens is 302 g/mol. The van der Waals surface area contributed by atoms with Gasteiger partial charge >= 0.3 is 0 Å². The number of fused-ring (bicyclic) bond motifs is 1. The van der Waals surface area contributed by atoms with Crippen molar-refractivity contribution in [3.63, 3.8) is 0 Å². The Morgan fingerprint density at radius 1 is 1.38 bits per heavy atom. The molecule has 1 N–H and O–H groups in total. The Bertz CT molecular complexity index is 589. The third-order valence-corrected chi connectivity index (χ3v) is 5.74. The molecule has 5 heteroatoms. The average molecular weight is 321 g/mol. The van der Waals surface area contributed by atoms with Crippen molar-refractivity contribution in [2.75, 3.05) is 12.4 Å². The molecule has 3 nitrogen and oxygen atoms in total. The van der Waals surface area contributed by atoms with Crippen molar-refractivity contribution in [3.8, 4) is 5.75 Å². The second-order valence-corrected chi connectivity index (χ2v) is 7.38. The van der Waals surface area contributed by atoms with E-state index in [0.29, 0.717) is 6.61 Å². The molecule has 21 heavy (non-hydrogen) atoms. The Hall–Kier alpha value is -1.04. The molecule has 0 saturated carbocycles. The summed E-state index contributed by atoms with van der Waals surface area (Å²) in [7, 11) is 0. The van der Waals surface area contributed by atoms with E-state index in [1.54, 1.807) is 23.7 Å².